The van der Waals surface area contributed by atoms with Gasteiger partial charge in [0.25, 0.3) is 5.69 Å². The van der Waals surface area contributed by atoms with Crippen molar-refractivity contribution in [1.82, 2.24) is 4.90 Å². The summed E-state index contributed by atoms with van der Waals surface area (Å²) in [7, 11) is 0. The molecule has 0 bridgehead atoms. The van der Waals surface area contributed by atoms with E-state index in [1.54, 1.807) is 6.92 Å². The maximum absolute atomic E-state index is 12.8. The summed E-state index contributed by atoms with van der Waals surface area (Å²) in [4.78, 5) is 48.4. The highest BCUT2D eigenvalue weighted by molar-refractivity contribution is 8.22. The molecule has 2 aliphatic rings. The van der Waals surface area contributed by atoms with E-state index in [1.165, 1.54) is 59.6 Å². The highest BCUT2D eigenvalue weighted by Gasteiger charge is 2.59. The van der Waals surface area contributed by atoms with Crippen LogP contribution in [0.4, 0.5) is 5.69 Å². The zero-order chi connectivity index (χ0) is 22.0. The predicted molar refractivity (Wildman–Crippen MR) is 111 cm³/mol. The molecule has 2 aliphatic heterocycles. The summed E-state index contributed by atoms with van der Waals surface area (Å²) in [5.74, 6) is -1.19. The van der Waals surface area contributed by atoms with Crippen molar-refractivity contribution < 1.29 is 28.8 Å². The fourth-order valence-electron chi connectivity index (χ4n) is 3.23. The van der Waals surface area contributed by atoms with E-state index in [-0.39, 0.29) is 29.3 Å². The number of carbonyl (C=O) groups excluding carboxylic acids is 3. The third-order valence-electron chi connectivity index (χ3n) is 4.59. The number of hydrogen-bond donors (Lipinski definition) is 0. The molecule has 0 radical (unpaired) electrons. The van der Waals surface area contributed by atoms with Crippen LogP contribution in [-0.2, 0) is 30.5 Å². The number of β-lactam (4-membered cyclic amide) rings is 1. The Morgan fingerprint density at radius 3 is 2.57 bits per heavy atom. The summed E-state index contributed by atoms with van der Waals surface area (Å²) in [6.45, 7) is 4.82. The minimum atomic E-state index is -0.633. The summed E-state index contributed by atoms with van der Waals surface area (Å²) in [6, 6.07) is 5.70. The smallest absolute Gasteiger partial charge is 0.357 e. The van der Waals surface area contributed by atoms with Crippen molar-refractivity contribution >= 4 is 47.1 Å². The van der Waals surface area contributed by atoms with Gasteiger partial charge in [0.2, 0.25) is 5.91 Å². The fourth-order valence-corrected chi connectivity index (χ4v) is 6.04. The van der Waals surface area contributed by atoms with E-state index in [2.05, 4.69) is 0 Å². The second kappa shape index (κ2) is 9.09. The van der Waals surface area contributed by atoms with Gasteiger partial charge in [-0.05, 0) is 30.4 Å². The van der Waals surface area contributed by atoms with Gasteiger partial charge < -0.3 is 9.47 Å². The third-order valence-corrected chi connectivity index (χ3v) is 7.13. The van der Waals surface area contributed by atoms with Crippen LogP contribution in [0.15, 0.2) is 34.2 Å². The molecule has 0 spiro atoms. The minimum absolute atomic E-state index is 0.0523. The first-order valence-electron chi connectivity index (χ1n) is 9.19. The van der Waals surface area contributed by atoms with Crippen molar-refractivity contribution in [3.05, 3.63) is 49.9 Å². The van der Waals surface area contributed by atoms with Gasteiger partial charge in [0.1, 0.15) is 24.0 Å². The van der Waals surface area contributed by atoms with Gasteiger partial charge in [0.15, 0.2) is 5.70 Å². The molecular formula is C19H20N2O7S2. The number of nitro benzene ring substituents is 1. The van der Waals surface area contributed by atoms with Crippen molar-refractivity contribution in [2.24, 2.45) is 5.92 Å². The Morgan fingerprint density at radius 1 is 1.33 bits per heavy atom. The summed E-state index contributed by atoms with van der Waals surface area (Å²) in [6.07, 6.45) is -0.591. The van der Waals surface area contributed by atoms with Crippen LogP contribution in [-0.4, -0.2) is 44.9 Å². The Labute approximate surface area is 181 Å². The van der Waals surface area contributed by atoms with Crippen LogP contribution in [0.2, 0.25) is 0 Å². The van der Waals surface area contributed by atoms with Gasteiger partial charge in [-0.2, -0.15) is 0 Å². The molecule has 160 valence electrons. The Hall–Kier alpha value is -2.53. The van der Waals surface area contributed by atoms with E-state index in [4.69, 9.17) is 9.47 Å². The number of ether oxygens (including phenoxy) is 2. The average Bonchev–Trinajstić information content (AvgIpc) is 3.00. The number of thioether (sulfide) groups is 2. The lowest BCUT2D eigenvalue weighted by Gasteiger charge is -2.44. The number of carbonyl (C=O) groups is 3. The molecule has 1 aromatic carbocycles. The number of hydrogen-bond acceptors (Lipinski definition) is 9. The van der Waals surface area contributed by atoms with Crippen molar-refractivity contribution in [3.63, 3.8) is 0 Å². The Bertz CT molecular complexity index is 916. The molecule has 2 heterocycles. The van der Waals surface area contributed by atoms with E-state index >= 15 is 0 Å². The zero-order valence-electron chi connectivity index (χ0n) is 16.5. The van der Waals surface area contributed by atoms with Gasteiger partial charge in [0.05, 0.1) is 9.16 Å². The normalized spacial score (nSPS) is 21.0. The molecule has 3 rings (SSSR count). The number of esters is 2. The topological polar surface area (TPSA) is 116 Å². The molecule has 1 aromatic rings. The fraction of sp³-hybridized carbons (Fsp3) is 0.421. The van der Waals surface area contributed by atoms with Crippen molar-refractivity contribution in [2.75, 3.05) is 5.75 Å². The summed E-state index contributed by atoms with van der Waals surface area (Å²) >= 11 is 2.84. The van der Waals surface area contributed by atoms with Crippen LogP contribution in [0.3, 0.4) is 0 Å². The van der Waals surface area contributed by atoms with Gasteiger partial charge in [0, 0.05) is 19.1 Å². The van der Waals surface area contributed by atoms with Crippen LogP contribution in [0.5, 0.6) is 0 Å². The molecule has 1 amide bonds. The molecule has 0 N–H and O–H groups in total. The standard InChI is InChI=1S/C19H20N2O7S2/c1-4-29-19-15(18(24)27-9-12-5-7-13(8-6-12)21(25)26)20-16(23)14(17(20)30-19)10(2)28-11(3)22/h5-8,10,14,17H,4,9H2,1-3H3/t10?,14?,17-/m1/s1. The number of non-ortho nitro benzene ring substituents is 1. The van der Waals surface area contributed by atoms with Gasteiger partial charge in [-0.1, -0.05) is 18.7 Å². The predicted octanol–water partition coefficient (Wildman–Crippen LogP) is 3.04. The van der Waals surface area contributed by atoms with Gasteiger partial charge >= 0.3 is 11.9 Å². The number of nitro groups is 1. The SMILES string of the molecule is CCSC1=C(C(=O)OCc2ccc([N+](=O)[O-])cc2)N2C(=O)C(C(C)OC(C)=O)[C@H]2S1. The van der Waals surface area contributed by atoms with Gasteiger partial charge in [-0.15, -0.1) is 11.8 Å². The molecule has 1 fully saturated rings. The van der Waals surface area contributed by atoms with Crippen molar-refractivity contribution in [2.45, 2.75) is 38.9 Å². The molecular weight excluding hydrogens is 432 g/mol. The van der Waals surface area contributed by atoms with E-state index < -0.39 is 28.9 Å². The number of amides is 1. The Morgan fingerprint density at radius 2 is 2.00 bits per heavy atom. The highest BCUT2D eigenvalue weighted by atomic mass is 32.2. The van der Waals surface area contributed by atoms with Gasteiger partial charge in [-0.25, -0.2) is 4.79 Å². The van der Waals surface area contributed by atoms with Crippen molar-refractivity contribution in [3.8, 4) is 0 Å². The van der Waals surface area contributed by atoms with Crippen LogP contribution < -0.4 is 0 Å². The second-order valence-electron chi connectivity index (χ2n) is 6.63. The largest absolute Gasteiger partial charge is 0.462 e. The molecule has 11 heteroatoms. The first kappa shape index (κ1) is 22.2. The third kappa shape index (κ3) is 4.31. The first-order valence-corrected chi connectivity index (χ1v) is 11.1. The van der Waals surface area contributed by atoms with Crippen LogP contribution in [0.1, 0.15) is 26.3 Å². The number of nitrogens with zero attached hydrogens (tertiary/aromatic N) is 2. The second-order valence-corrected chi connectivity index (χ2v) is 9.29. The van der Waals surface area contributed by atoms with E-state index in [0.29, 0.717) is 15.6 Å². The lowest BCUT2D eigenvalue weighted by atomic mass is 9.92. The molecule has 0 saturated carbocycles. The summed E-state index contributed by atoms with van der Waals surface area (Å²) in [5.41, 5.74) is 0.747. The summed E-state index contributed by atoms with van der Waals surface area (Å²) < 4.78 is 11.2. The lowest BCUT2D eigenvalue weighted by molar-refractivity contribution is -0.384. The number of rotatable bonds is 8. The Balaban J connectivity index is 1.70. The van der Waals surface area contributed by atoms with Crippen molar-refractivity contribution in [1.29, 1.82) is 0 Å². The quantitative estimate of drug-likeness (QED) is 0.254. The zero-order valence-corrected chi connectivity index (χ0v) is 18.2. The number of fused-ring (bicyclic) bond motifs is 1. The molecule has 0 aliphatic carbocycles. The molecule has 1 saturated heterocycles. The van der Waals surface area contributed by atoms with E-state index in [0.717, 1.165) is 0 Å². The summed E-state index contributed by atoms with van der Waals surface area (Å²) in [5, 5.41) is 10.4. The molecule has 0 aromatic heterocycles. The molecule has 3 atom stereocenters. The first-order chi connectivity index (χ1) is 14.2. The number of benzene rings is 1. The highest BCUT2D eigenvalue weighted by Crippen LogP contribution is 2.54. The van der Waals surface area contributed by atoms with Crippen LogP contribution in [0, 0.1) is 16.0 Å². The Kier molecular flexibility index (Phi) is 6.71. The minimum Gasteiger partial charge on any atom is -0.462 e. The maximum atomic E-state index is 12.8. The van der Waals surface area contributed by atoms with Crippen LogP contribution in [0.25, 0.3) is 0 Å². The van der Waals surface area contributed by atoms with E-state index in [1.807, 2.05) is 6.92 Å². The maximum Gasteiger partial charge on any atom is 0.357 e. The monoisotopic (exact) mass is 452 g/mol. The van der Waals surface area contributed by atoms with Gasteiger partial charge in [-0.3, -0.25) is 24.6 Å². The molecule has 30 heavy (non-hydrogen) atoms. The lowest BCUT2D eigenvalue weighted by Crippen LogP contribution is -2.61. The average molecular weight is 453 g/mol. The van der Waals surface area contributed by atoms with Crippen LogP contribution >= 0.6 is 23.5 Å². The van der Waals surface area contributed by atoms with E-state index in [9.17, 15) is 24.5 Å². The molecule has 2 unspecified atom stereocenters. The molecule has 9 nitrogen and oxygen atoms in total.